The minimum absolute atomic E-state index is 0.289. The van der Waals surface area contributed by atoms with Crippen LogP contribution in [0.15, 0.2) is 0 Å². The summed E-state index contributed by atoms with van der Waals surface area (Å²) in [6.45, 7) is 11.8. The van der Waals surface area contributed by atoms with E-state index in [1.54, 1.807) is 0 Å². The van der Waals surface area contributed by atoms with E-state index in [4.69, 9.17) is 4.74 Å². The third kappa shape index (κ3) is 3.90. The van der Waals surface area contributed by atoms with Gasteiger partial charge in [-0.1, -0.05) is 13.3 Å². The minimum Gasteiger partial charge on any atom is -0.379 e. The van der Waals surface area contributed by atoms with E-state index in [1.807, 2.05) is 18.7 Å². The maximum Gasteiger partial charge on any atom is 0.222 e. The topological polar surface area (TPSA) is 50.6 Å². The number of aromatic nitrogens is 2. The fraction of sp³-hybridized carbons (Fsp3) is 0.789. The van der Waals surface area contributed by atoms with Crippen molar-refractivity contribution < 1.29 is 9.53 Å². The molecule has 2 fully saturated rings. The standard InChI is InChI=1S/C19H32N4O2/c1-5-16-12-23(13-18(16)22-8-10-25-11-9-22)19(24)7-6-17-14(2)20-21(4)15(17)3/h16,18H,5-13H2,1-4H3/t16-,18+/m1/s1. The molecule has 0 aliphatic carbocycles. The highest BCUT2D eigenvalue weighted by atomic mass is 16.5. The predicted octanol–water partition coefficient (Wildman–Crippen LogP) is 1.54. The van der Waals surface area contributed by atoms with Crippen molar-refractivity contribution in [2.45, 2.75) is 46.1 Å². The highest BCUT2D eigenvalue weighted by molar-refractivity contribution is 5.77. The molecule has 2 atom stereocenters. The molecular formula is C19H32N4O2. The number of hydrogen-bond donors (Lipinski definition) is 0. The number of ether oxygens (including phenoxy) is 1. The Kier molecular flexibility index (Phi) is 5.79. The molecule has 1 aromatic rings. The Morgan fingerprint density at radius 3 is 2.56 bits per heavy atom. The summed E-state index contributed by atoms with van der Waals surface area (Å²) in [6.07, 6.45) is 2.51. The fourth-order valence-corrected chi connectivity index (χ4v) is 4.35. The van der Waals surface area contributed by atoms with Gasteiger partial charge in [-0.25, -0.2) is 0 Å². The second-order valence-electron chi connectivity index (χ2n) is 7.46. The highest BCUT2D eigenvalue weighted by Crippen LogP contribution is 2.26. The first-order valence-corrected chi connectivity index (χ1v) is 9.59. The number of hydrogen-bond acceptors (Lipinski definition) is 4. The third-order valence-electron chi connectivity index (χ3n) is 6.05. The van der Waals surface area contributed by atoms with E-state index in [-0.39, 0.29) is 5.91 Å². The summed E-state index contributed by atoms with van der Waals surface area (Å²) in [5.74, 6) is 0.876. The van der Waals surface area contributed by atoms with Crippen molar-refractivity contribution in [1.82, 2.24) is 19.6 Å². The van der Waals surface area contributed by atoms with Crippen LogP contribution in [0.4, 0.5) is 0 Å². The van der Waals surface area contributed by atoms with E-state index < -0.39 is 0 Å². The van der Waals surface area contributed by atoms with Gasteiger partial charge in [0.15, 0.2) is 0 Å². The maximum atomic E-state index is 12.8. The number of carbonyl (C=O) groups is 1. The Balaban J connectivity index is 1.58. The van der Waals surface area contributed by atoms with Crippen molar-refractivity contribution in [3.63, 3.8) is 0 Å². The molecule has 2 saturated heterocycles. The van der Waals surface area contributed by atoms with Gasteiger partial charge in [0, 0.05) is 51.4 Å². The summed E-state index contributed by atoms with van der Waals surface area (Å²) in [5.41, 5.74) is 3.45. The Morgan fingerprint density at radius 1 is 1.24 bits per heavy atom. The summed E-state index contributed by atoms with van der Waals surface area (Å²) in [5, 5.41) is 4.46. The summed E-state index contributed by atoms with van der Waals surface area (Å²) < 4.78 is 7.39. The predicted molar refractivity (Wildman–Crippen MR) is 97.5 cm³/mol. The van der Waals surface area contributed by atoms with Crippen molar-refractivity contribution in [3.05, 3.63) is 17.0 Å². The van der Waals surface area contributed by atoms with Gasteiger partial charge in [-0.05, 0) is 31.7 Å². The van der Waals surface area contributed by atoms with E-state index in [1.165, 1.54) is 11.3 Å². The molecule has 140 valence electrons. The maximum absolute atomic E-state index is 12.8. The molecule has 2 aliphatic rings. The van der Waals surface area contributed by atoms with Gasteiger partial charge in [-0.3, -0.25) is 14.4 Å². The fourth-order valence-electron chi connectivity index (χ4n) is 4.35. The lowest BCUT2D eigenvalue weighted by Gasteiger charge is -2.34. The number of aryl methyl sites for hydroxylation is 2. The van der Waals surface area contributed by atoms with Gasteiger partial charge in [0.1, 0.15) is 0 Å². The molecule has 25 heavy (non-hydrogen) atoms. The lowest BCUT2D eigenvalue weighted by Crippen LogP contribution is -2.47. The molecule has 3 heterocycles. The second kappa shape index (κ2) is 7.87. The van der Waals surface area contributed by atoms with Crippen LogP contribution >= 0.6 is 0 Å². The molecule has 6 nitrogen and oxygen atoms in total. The van der Waals surface area contributed by atoms with Crippen LogP contribution in [-0.2, 0) is 23.0 Å². The Bertz CT molecular complexity index is 607. The largest absolute Gasteiger partial charge is 0.379 e. The van der Waals surface area contributed by atoms with Gasteiger partial charge in [-0.15, -0.1) is 0 Å². The molecule has 0 spiro atoms. The smallest absolute Gasteiger partial charge is 0.222 e. The van der Waals surface area contributed by atoms with Gasteiger partial charge in [-0.2, -0.15) is 5.10 Å². The number of amides is 1. The molecule has 0 bridgehead atoms. The number of likely N-dealkylation sites (tertiary alicyclic amines) is 1. The van der Waals surface area contributed by atoms with E-state index in [0.717, 1.165) is 57.9 Å². The first-order valence-electron chi connectivity index (χ1n) is 9.59. The molecular weight excluding hydrogens is 316 g/mol. The number of morpholine rings is 1. The number of rotatable bonds is 5. The van der Waals surface area contributed by atoms with E-state index in [2.05, 4.69) is 28.7 Å². The lowest BCUT2D eigenvalue weighted by atomic mass is 9.99. The van der Waals surface area contributed by atoms with Crippen molar-refractivity contribution >= 4 is 5.91 Å². The molecule has 1 amide bonds. The number of nitrogens with zero attached hydrogens (tertiary/aromatic N) is 4. The van der Waals surface area contributed by atoms with Crippen LogP contribution in [0, 0.1) is 19.8 Å². The van der Waals surface area contributed by atoms with Gasteiger partial charge in [0.2, 0.25) is 5.91 Å². The van der Waals surface area contributed by atoms with Gasteiger partial charge >= 0.3 is 0 Å². The zero-order valence-corrected chi connectivity index (χ0v) is 16.1. The van der Waals surface area contributed by atoms with E-state index in [9.17, 15) is 4.79 Å². The third-order valence-corrected chi connectivity index (χ3v) is 6.05. The first kappa shape index (κ1) is 18.4. The van der Waals surface area contributed by atoms with Crippen molar-refractivity contribution in [1.29, 1.82) is 0 Å². The van der Waals surface area contributed by atoms with Gasteiger partial charge in [0.05, 0.1) is 18.9 Å². The Morgan fingerprint density at radius 2 is 1.96 bits per heavy atom. The SMILES string of the molecule is CC[C@@H]1CN(C(=O)CCc2c(C)nn(C)c2C)C[C@@H]1N1CCOCC1. The van der Waals surface area contributed by atoms with Crippen molar-refractivity contribution in [2.24, 2.45) is 13.0 Å². The average molecular weight is 348 g/mol. The van der Waals surface area contributed by atoms with E-state index in [0.29, 0.717) is 18.4 Å². The molecule has 0 unspecified atom stereocenters. The van der Waals surface area contributed by atoms with Crippen LogP contribution in [0.3, 0.4) is 0 Å². The normalized spacial score (nSPS) is 24.9. The molecule has 0 radical (unpaired) electrons. The van der Waals surface area contributed by atoms with Crippen molar-refractivity contribution in [2.75, 3.05) is 39.4 Å². The summed E-state index contributed by atoms with van der Waals surface area (Å²) >= 11 is 0. The van der Waals surface area contributed by atoms with Crippen LogP contribution in [0.1, 0.15) is 36.7 Å². The Hall–Kier alpha value is -1.40. The van der Waals surface area contributed by atoms with E-state index >= 15 is 0 Å². The van der Waals surface area contributed by atoms with Crippen LogP contribution in [0.2, 0.25) is 0 Å². The molecule has 6 heteroatoms. The zero-order valence-electron chi connectivity index (χ0n) is 16.1. The average Bonchev–Trinajstić information content (AvgIpc) is 3.16. The van der Waals surface area contributed by atoms with Gasteiger partial charge < -0.3 is 9.64 Å². The highest BCUT2D eigenvalue weighted by Gasteiger charge is 2.37. The summed E-state index contributed by atoms with van der Waals surface area (Å²) in [6, 6.07) is 0.500. The van der Waals surface area contributed by atoms with Gasteiger partial charge in [0.25, 0.3) is 0 Å². The molecule has 0 N–H and O–H groups in total. The monoisotopic (exact) mass is 348 g/mol. The number of carbonyl (C=O) groups excluding carboxylic acids is 1. The minimum atomic E-state index is 0.289. The quantitative estimate of drug-likeness (QED) is 0.810. The summed E-state index contributed by atoms with van der Waals surface area (Å²) in [4.78, 5) is 17.4. The zero-order chi connectivity index (χ0) is 18.0. The van der Waals surface area contributed by atoms with Crippen molar-refractivity contribution in [3.8, 4) is 0 Å². The van der Waals surface area contributed by atoms with Crippen LogP contribution < -0.4 is 0 Å². The molecule has 3 rings (SSSR count). The van der Waals surface area contributed by atoms with Crippen LogP contribution in [0.25, 0.3) is 0 Å². The lowest BCUT2D eigenvalue weighted by molar-refractivity contribution is -0.130. The second-order valence-corrected chi connectivity index (χ2v) is 7.46. The summed E-state index contributed by atoms with van der Waals surface area (Å²) in [7, 11) is 1.97. The first-order chi connectivity index (χ1) is 12.0. The molecule has 2 aliphatic heterocycles. The van der Waals surface area contributed by atoms with Crippen LogP contribution in [-0.4, -0.2) is 70.9 Å². The molecule has 0 saturated carbocycles. The van der Waals surface area contributed by atoms with Crippen LogP contribution in [0.5, 0.6) is 0 Å². The Labute approximate surface area is 151 Å². The molecule has 0 aromatic carbocycles. The molecule has 1 aromatic heterocycles.